The number of benzene rings is 2. The van der Waals surface area contributed by atoms with Gasteiger partial charge in [-0.15, -0.1) is 23.2 Å². The molecule has 0 N–H and O–H groups in total. The Balaban J connectivity index is 1.83. The summed E-state index contributed by atoms with van der Waals surface area (Å²) in [6.07, 6.45) is 0. The summed E-state index contributed by atoms with van der Waals surface area (Å²) in [5.41, 5.74) is 2.40. The highest BCUT2D eigenvalue weighted by Crippen LogP contribution is 2.46. The fourth-order valence-corrected chi connectivity index (χ4v) is 4.00. The van der Waals surface area contributed by atoms with Gasteiger partial charge in [0.25, 0.3) is 0 Å². The van der Waals surface area contributed by atoms with Crippen molar-refractivity contribution in [2.24, 2.45) is 0 Å². The van der Waals surface area contributed by atoms with Crippen LogP contribution in [0.5, 0.6) is 11.5 Å². The number of alkyl halides is 2. The van der Waals surface area contributed by atoms with Gasteiger partial charge in [0.1, 0.15) is 13.5 Å². The van der Waals surface area contributed by atoms with Gasteiger partial charge in [0.2, 0.25) is 0 Å². The molecule has 2 heterocycles. The normalized spacial score (nSPS) is 17.9. The van der Waals surface area contributed by atoms with Gasteiger partial charge in [-0.05, 0) is 10.8 Å². The minimum absolute atomic E-state index is 0.555. The average Bonchev–Trinajstić information content (AvgIpc) is 2.62. The van der Waals surface area contributed by atoms with Gasteiger partial charge in [-0.2, -0.15) is 0 Å². The molecule has 4 rings (SSSR count). The molecule has 128 valence electrons. The van der Waals surface area contributed by atoms with Gasteiger partial charge in [-0.1, -0.05) is 24.3 Å². The number of hydrogen-bond donors (Lipinski definition) is 0. The van der Waals surface area contributed by atoms with E-state index in [1.54, 1.807) is 0 Å². The van der Waals surface area contributed by atoms with E-state index in [-0.39, 0.29) is 0 Å². The van der Waals surface area contributed by atoms with Crippen LogP contribution in [-0.2, 0) is 13.1 Å². The molecule has 0 spiro atoms. The third-order valence-electron chi connectivity index (χ3n) is 4.68. The van der Waals surface area contributed by atoms with Crippen molar-refractivity contribution in [3.05, 3.63) is 35.4 Å². The first kappa shape index (κ1) is 16.3. The number of fused-ring (bicyclic) bond motifs is 6. The Morgan fingerprint density at radius 2 is 1.25 bits per heavy atom. The summed E-state index contributed by atoms with van der Waals surface area (Å²) in [6, 6.07) is 8.50. The third kappa shape index (κ3) is 2.82. The van der Waals surface area contributed by atoms with Gasteiger partial charge >= 0.3 is 0 Å². The first-order chi connectivity index (χ1) is 11.8. The molecule has 0 radical (unpaired) electrons. The van der Waals surface area contributed by atoms with E-state index in [2.05, 4.69) is 34.1 Å². The van der Waals surface area contributed by atoms with Gasteiger partial charge in [0, 0.05) is 49.1 Å². The predicted octanol–water partition coefficient (Wildman–Crippen LogP) is 3.62. The van der Waals surface area contributed by atoms with Crippen molar-refractivity contribution in [1.29, 1.82) is 0 Å². The second kappa shape index (κ2) is 6.96. The second-order valence-electron chi connectivity index (χ2n) is 6.19. The largest absolute Gasteiger partial charge is 0.474 e. The topological polar surface area (TPSA) is 24.9 Å². The van der Waals surface area contributed by atoms with Crippen LogP contribution in [0.25, 0.3) is 10.8 Å². The lowest BCUT2D eigenvalue weighted by atomic mass is 9.95. The maximum Gasteiger partial charge on any atom is 0.168 e. The molecule has 0 aliphatic carbocycles. The summed E-state index contributed by atoms with van der Waals surface area (Å²) in [4.78, 5) is 4.44. The van der Waals surface area contributed by atoms with E-state index in [4.69, 9.17) is 32.7 Å². The summed E-state index contributed by atoms with van der Waals surface area (Å²) in [7, 11) is 0. The van der Waals surface area contributed by atoms with Crippen LogP contribution in [0.1, 0.15) is 11.1 Å². The lowest BCUT2D eigenvalue weighted by Gasteiger charge is -2.35. The smallest absolute Gasteiger partial charge is 0.168 e. The van der Waals surface area contributed by atoms with Crippen molar-refractivity contribution in [1.82, 2.24) is 9.80 Å². The van der Waals surface area contributed by atoms with E-state index in [1.807, 2.05) is 0 Å². The molecule has 0 atom stereocenters. The first-order valence-corrected chi connectivity index (χ1v) is 9.27. The monoisotopic (exact) mass is 366 g/mol. The Hall–Kier alpha value is -1.20. The Kier molecular flexibility index (Phi) is 4.72. The van der Waals surface area contributed by atoms with Crippen LogP contribution in [0.3, 0.4) is 0 Å². The van der Waals surface area contributed by atoms with E-state index in [0.717, 1.165) is 37.7 Å². The van der Waals surface area contributed by atoms with E-state index in [1.165, 1.54) is 21.9 Å². The zero-order valence-corrected chi connectivity index (χ0v) is 14.9. The molecule has 6 heteroatoms. The zero-order valence-electron chi connectivity index (χ0n) is 13.4. The Bertz CT molecular complexity index is 691. The molecule has 2 aliphatic heterocycles. The van der Waals surface area contributed by atoms with Gasteiger partial charge in [-0.25, -0.2) is 0 Å². The molecule has 0 unspecified atom stereocenters. The molecule has 4 nitrogen and oxygen atoms in total. The molecule has 0 saturated heterocycles. The standard InChI is InChI=1S/C18H20Cl2N2O2/c19-5-7-21-9-15-13-3-1-2-4-14(13)16-10-22(8-6-20)12-24-18(16)17(15)23-11-21/h1-4H,5-12H2. The number of halogens is 2. The van der Waals surface area contributed by atoms with Gasteiger partial charge in [0.15, 0.2) is 11.5 Å². The summed E-state index contributed by atoms with van der Waals surface area (Å²) in [5, 5.41) is 2.48. The maximum atomic E-state index is 6.09. The van der Waals surface area contributed by atoms with Crippen molar-refractivity contribution < 1.29 is 9.47 Å². The molecule has 2 aromatic rings. The first-order valence-electron chi connectivity index (χ1n) is 8.20. The van der Waals surface area contributed by atoms with Gasteiger partial charge in [0.05, 0.1) is 0 Å². The summed E-state index contributed by atoms with van der Waals surface area (Å²) in [6.45, 7) is 4.42. The van der Waals surface area contributed by atoms with E-state index in [9.17, 15) is 0 Å². The molecule has 0 aromatic heterocycles. The summed E-state index contributed by atoms with van der Waals surface area (Å²) < 4.78 is 12.2. The van der Waals surface area contributed by atoms with E-state index in [0.29, 0.717) is 25.2 Å². The molecule has 0 fully saturated rings. The third-order valence-corrected chi connectivity index (χ3v) is 5.02. The van der Waals surface area contributed by atoms with Gasteiger partial charge < -0.3 is 9.47 Å². The number of ether oxygens (including phenoxy) is 2. The zero-order chi connectivity index (χ0) is 16.5. The minimum Gasteiger partial charge on any atom is -0.474 e. The van der Waals surface area contributed by atoms with E-state index >= 15 is 0 Å². The maximum absolute atomic E-state index is 6.09. The molecular weight excluding hydrogens is 347 g/mol. The van der Waals surface area contributed by atoms with Crippen molar-refractivity contribution in [2.45, 2.75) is 13.1 Å². The Morgan fingerprint density at radius 1 is 0.792 bits per heavy atom. The fraction of sp³-hybridized carbons (Fsp3) is 0.444. The van der Waals surface area contributed by atoms with Crippen molar-refractivity contribution in [3.8, 4) is 11.5 Å². The lowest BCUT2D eigenvalue weighted by molar-refractivity contribution is 0.0747. The van der Waals surface area contributed by atoms with Crippen molar-refractivity contribution in [2.75, 3.05) is 38.3 Å². The molecule has 2 aromatic carbocycles. The molecule has 2 aliphatic rings. The molecule has 0 saturated carbocycles. The highest BCUT2D eigenvalue weighted by molar-refractivity contribution is 6.18. The van der Waals surface area contributed by atoms with Crippen LogP contribution in [0, 0.1) is 0 Å². The number of rotatable bonds is 4. The van der Waals surface area contributed by atoms with Crippen LogP contribution in [-0.4, -0.2) is 48.1 Å². The Labute approximate surface area is 151 Å². The van der Waals surface area contributed by atoms with Crippen LogP contribution >= 0.6 is 23.2 Å². The number of hydrogen-bond acceptors (Lipinski definition) is 4. The quantitative estimate of drug-likeness (QED) is 0.771. The highest BCUT2D eigenvalue weighted by atomic mass is 35.5. The molecule has 24 heavy (non-hydrogen) atoms. The molecular formula is C18H20Cl2N2O2. The van der Waals surface area contributed by atoms with Crippen LogP contribution in [0.2, 0.25) is 0 Å². The van der Waals surface area contributed by atoms with Crippen LogP contribution < -0.4 is 9.47 Å². The predicted molar refractivity (Wildman–Crippen MR) is 97.2 cm³/mol. The van der Waals surface area contributed by atoms with Crippen molar-refractivity contribution in [3.63, 3.8) is 0 Å². The fourth-order valence-electron chi connectivity index (χ4n) is 3.52. The average molecular weight is 367 g/mol. The second-order valence-corrected chi connectivity index (χ2v) is 6.95. The minimum atomic E-state index is 0.555. The summed E-state index contributed by atoms with van der Waals surface area (Å²) >= 11 is 11.8. The highest BCUT2D eigenvalue weighted by Gasteiger charge is 2.30. The van der Waals surface area contributed by atoms with Crippen LogP contribution in [0.4, 0.5) is 0 Å². The van der Waals surface area contributed by atoms with Gasteiger partial charge in [-0.3, -0.25) is 9.80 Å². The van der Waals surface area contributed by atoms with Crippen LogP contribution in [0.15, 0.2) is 24.3 Å². The summed E-state index contributed by atoms with van der Waals surface area (Å²) in [5.74, 6) is 3.01. The lowest BCUT2D eigenvalue weighted by Crippen LogP contribution is -2.36. The SMILES string of the molecule is ClCCN1COc2c3c(c4ccccc4c2C1)CN(CCCl)CO3. The Morgan fingerprint density at radius 3 is 1.67 bits per heavy atom. The molecule has 0 bridgehead atoms. The van der Waals surface area contributed by atoms with Crippen molar-refractivity contribution >= 4 is 34.0 Å². The number of nitrogens with zero attached hydrogens (tertiary/aromatic N) is 2. The molecule has 0 amide bonds. The van der Waals surface area contributed by atoms with E-state index < -0.39 is 0 Å².